The number of halogens is 1. The first-order valence-electron chi connectivity index (χ1n) is 10.6. The van der Waals surface area contributed by atoms with Gasteiger partial charge in [-0.3, -0.25) is 9.59 Å². The van der Waals surface area contributed by atoms with E-state index in [9.17, 15) is 19.2 Å². The summed E-state index contributed by atoms with van der Waals surface area (Å²) in [7, 11) is 0. The highest BCUT2D eigenvalue weighted by Gasteiger charge is 2.59. The van der Waals surface area contributed by atoms with Crippen LogP contribution >= 0.6 is 11.8 Å². The van der Waals surface area contributed by atoms with Crippen LogP contribution < -0.4 is 4.90 Å². The SMILES string of the molecule is Cc1ccc2c(c1)C1(SCCN1C(=O)c1ccc(F)cc1)C(=O)N2Cc1cccc(C#N)c1. The van der Waals surface area contributed by atoms with Crippen LogP contribution in [0.2, 0.25) is 0 Å². The summed E-state index contributed by atoms with van der Waals surface area (Å²) in [5.74, 6) is -0.276. The zero-order valence-electron chi connectivity index (χ0n) is 17.9. The number of carbonyl (C=O) groups excluding carboxylic acids is 2. The molecule has 5 rings (SSSR count). The van der Waals surface area contributed by atoms with Gasteiger partial charge in [0.15, 0.2) is 4.87 Å². The third kappa shape index (κ3) is 3.38. The van der Waals surface area contributed by atoms with E-state index < -0.39 is 10.7 Å². The molecule has 0 aromatic heterocycles. The molecular weight excluding hydrogens is 437 g/mol. The standard InChI is InChI=1S/C26H20FN3O2S/c1-17-5-10-23-22(13-17)26(25(32)29(23)16-19-4-2-3-18(14-19)15-28)30(11-12-33-26)24(31)20-6-8-21(27)9-7-20/h2-10,13-14H,11-12,16H2,1H3. The Morgan fingerprint density at radius 3 is 2.70 bits per heavy atom. The summed E-state index contributed by atoms with van der Waals surface area (Å²) in [4.78, 5) is 29.7. The van der Waals surface area contributed by atoms with E-state index in [-0.39, 0.29) is 11.8 Å². The summed E-state index contributed by atoms with van der Waals surface area (Å²) in [6.07, 6.45) is 0. The summed E-state index contributed by atoms with van der Waals surface area (Å²) >= 11 is 1.46. The fourth-order valence-electron chi connectivity index (χ4n) is 4.56. The van der Waals surface area contributed by atoms with Crippen LogP contribution in [0, 0.1) is 24.1 Å². The molecule has 0 aliphatic carbocycles. The first kappa shape index (κ1) is 21.2. The lowest BCUT2D eigenvalue weighted by atomic mass is 10.0. The van der Waals surface area contributed by atoms with Crippen molar-refractivity contribution in [3.8, 4) is 6.07 Å². The fraction of sp³-hybridized carbons (Fsp3) is 0.192. The molecule has 2 aliphatic rings. The normalized spacial score (nSPS) is 19.1. The number of hydrogen-bond donors (Lipinski definition) is 0. The van der Waals surface area contributed by atoms with Crippen molar-refractivity contribution in [2.45, 2.75) is 18.3 Å². The molecule has 33 heavy (non-hydrogen) atoms. The summed E-state index contributed by atoms with van der Waals surface area (Å²) in [5, 5.41) is 9.25. The number of nitrogens with zero attached hydrogens (tertiary/aromatic N) is 3. The Balaban J connectivity index is 1.59. The van der Waals surface area contributed by atoms with E-state index in [0.717, 1.165) is 22.4 Å². The maximum Gasteiger partial charge on any atom is 0.268 e. The Bertz CT molecular complexity index is 1320. The highest BCUT2D eigenvalue weighted by molar-refractivity contribution is 8.01. The molecule has 2 aliphatic heterocycles. The van der Waals surface area contributed by atoms with Crippen LogP contribution in [-0.4, -0.2) is 29.0 Å². The first-order valence-corrected chi connectivity index (χ1v) is 11.6. The van der Waals surface area contributed by atoms with Gasteiger partial charge in [-0.2, -0.15) is 5.26 Å². The van der Waals surface area contributed by atoms with Crippen molar-refractivity contribution in [3.63, 3.8) is 0 Å². The molecule has 1 fully saturated rings. The van der Waals surface area contributed by atoms with Gasteiger partial charge in [-0.05, 0) is 55.0 Å². The van der Waals surface area contributed by atoms with Crippen molar-refractivity contribution >= 4 is 29.3 Å². The second kappa shape index (κ2) is 8.05. The van der Waals surface area contributed by atoms with Crippen molar-refractivity contribution in [3.05, 3.63) is 100 Å². The van der Waals surface area contributed by atoms with Gasteiger partial charge in [-0.25, -0.2) is 4.39 Å². The van der Waals surface area contributed by atoms with E-state index >= 15 is 0 Å². The van der Waals surface area contributed by atoms with Gasteiger partial charge in [0, 0.05) is 23.4 Å². The van der Waals surface area contributed by atoms with Gasteiger partial charge < -0.3 is 9.80 Å². The minimum atomic E-state index is -1.17. The number of anilines is 1. The van der Waals surface area contributed by atoms with Crippen molar-refractivity contribution in [1.29, 1.82) is 5.26 Å². The third-order valence-corrected chi connectivity index (χ3v) is 7.50. The average molecular weight is 458 g/mol. The van der Waals surface area contributed by atoms with Crippen molar-refractivity contribution < 1.29 is 14.0 Å². The molecule has 5 nitrogen and oxygen atoms in total. The highest BCUT2D eigenvalue weighted by Crippen LogP contribution is 2.55. The molecule has 164 valence electrons. The summed E-state index contributed by atoms with van der Waals surface area (Å²) in [6, 6.07) is 20.6. The maximum absolute atomic E-state index is 14.0. The highest BCUT2D eigenvalue weighted by atomic mass is 32.2. The molecule has 0 bridgehead atoms. The molecule has 1 unspecified atom stereocenters. The number of carbonyl (C=O) groups is 2. The quantitative estimate of drug-likeness (QED) is 0.577. The Kier molecular flexibility index (Phi) is 5.18. The summed E-state index contributed by atoms with van der Waals surface area (Å²) in [5.41, 5.74) is 4.27. The van der Waals surface area contributed by atoms with Crippen LogP contribution in [0.3, 0.4) is 0 Å². The minimum Gasteiger partial charge on any atom is -0.311 e. The molecule has 0 radical (unpaired) electrons. The largest absolute Gasteiger partial charge is 0.311 e. The number of thioether (sulfide) groups is 1. The zero-order valence-corrected chi connectivity index (χ0v) is 18.7. The molecular formula is C26H20FN3O2S. The van der Waals surface area contributed by atoms with Gasteiger partial charge in [-0.1, -0.05) is 29.8 Å². The molecule has 1 saturated heterocycles. The lowest BCUT2D eigenvalue weighted by molar-refractivity contribution is -0.123. The number of aryl methyl sites for hydroxylation is 1. The van der Waals surface area contributed by atoms with E-state index in [1.807, 2.05) is 31.2 Å². The molecule has 0 N–H and O–H groups in total. The van der Waals surface area contributed by atoms with E-state index in [0.29, 0.717) is 30.0 Å². The van der Waals surface area contributed by atoms with E-state index in [1.54, 1.807) is 28.0 Å². The number of fused-ring (bicyclic) bond motifs is 2. The fourth-order valence-corrected chi connectivity index (χ4v) is 6.01. The van der Waals surface area contributed by atoms with E-state index in [2.05, 4.69) is 6.07 Å². The van der Waals surface area contributed by atoms with E-state index in [1.165, 1.54) is 36.0 Å². The van der Waals surface area contributed by atoms with Crippen molar-refractivity contribution in [1.82, 2.24) is 4.90 Å². The topological polar surface area (TPSA) is 64.4 Å². The predicted molar refractivity (Wildman–Crippen MR) is 125 cm³/mol. The molecule has 1 atom stereocenters. The first-order chi connectivity index (χ1) is 15.9. The lowest BCUT2D eigenvalue weighted by Crippen LogP contribution is -2.50. The van der Waals surface area contributed by atoms with Gasteiger partial charge in [0.05, 0.1) is 23.9 Å². The van der Waals surface area contributed by atoms with Crippen LogP contribution in [0.5, 0.6) is 0 Å². The zero-order chi connectivity index (χ0) is 23.2. The van der Waals surface area contributed by atoms with Crippen LogP contribution in [0.25, 0.3) is 0 Å². The molecule has 2 heterocycles. The summed E-state index contributed by atoms with van der Waals surface area (Å²) in [6.45, 7) is 2.67. The average Bonchev–Trinajstić information content (AvgIpc) is 3.36. The third-order valence-electron chi connectivity index (χ3n) is 6.08. The van der Waals surface area contributed by atoms with Gasteiger partial charge in [0.2, 0.25) is 0 Å². The van der Waals surface area contributed by atoms with Crippen molar-refractivity contribution in [2.24, 2.45) is 0 Å². The van der Waals surface area contributed by atoms with Crippen LogP contribution in [-0.2, 0) is 16.2 Å². The number of rotatable bonds is 3. The minimum absolute atomic E-state index is 0.177. The molecule has 3 aromatic rings. The molecule has 7 heteroatoms. The number of hydrogen-bond acceptors (Lipinski definition) is 4. The lowest BCUT2D eigenvalue weighted by Gasteiger charge is -2.33. The monoisotopic (exact) mass is 457 g/mol. The Morgan fingerprint density at radius 1 is 1.15 bits per heavy atom. The molecule has 1 spiro atoms. The maximum atomic E-state index is 14.0. The summed E-state index contributed by atoms with van der Waals surface area (Å²) < 4.78 is 13.4. The number of benzene rings is 3. The Hall–Kier alpha value is -3.63. The number of nitriles is 1. The molecule has 0 saturated carbocycles. The van der Waals surface area contributed by atoms with Crippen LogP contribution in [0.1, 0.15) is 32.6 Å². The van der Waals surface area contributed by atoms with Gasteiger partial charge in [0.25, 0.3) is 11.8 Å². The van der Waals surface area contributed by atoms with Crippen LogP contribution in [0.15, 0.2) is 66.7 Å². The second-order valence-electron chi connectivity index (χ2n) is 8.18. The second-order valence-corrected chi connectivity index (χ2v) is 9.47. The van der Waals surface area contributed by atoms with Crippen molar-refractivity contribution in [2.75, 3.05) is 17.2 Å². The number of amides is 2. The van der Waals surface area contributed by atoms with Gasteiger partial charge >= 0.3 is 0 Å². The van der Waals surface area contributed by atoms with Gasteiger partial charge in [-0.15, -0.1) is 11.8 Å². The smallest absolute Gasteiger partial charge is 0.268 e. The molecule has 3 aromatic carbocycles. The molecule has 2 amide bonds. The van der Waals surface area contributed by atoms with E-state index in [4.69, 9.17) is 0 Å². The Morgan fingerprint density at radius 2 is 1.94 bits per heavy atom. The Labute approximate surface area is 195 Å². The van der Waals surface area contributed by atoms with Crippen LogP contribution in [0.4, 0.5) is 10.1 Å². The van der Waals surface area contributed by atoms with Gasteiger partial charge in [0.1, 0.15) is 5.82 Å². The predicted octanol–water partition coefficient (Wildman–Crippen LogP) is 4.59.